The number of ether oxygens (including phenoxy) is 2. The average molecular weight is 342 g/mol. The zero-order chi connectivity index (χ0) is 17.1. The van der Waals surface area contributed by atoms with Crippen LogP contribution in [0.1, 0.15) is 0 Å². The fraction of sp³-hybridized carbons (Fsp3) is 0.111. The Balaban J connectivity index is 2.18. The molecule has 24 heavy (non-hydrogen) atoms. The van der Waals surface area contributed by atoms with Gasteiger partial charge in [0, 0.05) is 16.1 Å². The fourth-order valence-corrected chi connectivity index (χ4v) is 2.66. The van der Waals surface area contributed by atoms with E-state index >= 15 is 0 Å². The highest BCUT2D eigenvalue weighted by atomic mass is 35.5. The number of hydrogen-bond donors (Lipinski definition) is 1. The summed E-state index contributed by atoms with van der Waals surface area (Å²) in [5.41, 5.74) is 8.74. The third kappa shape index (κ3) is 3.12. The molecule has 0 saturated carbocycles. The van der Waals surface area contributed by atoms with Gasteiger partial charge in [-0.3, -0.25) is 0 Å². The van der Waals surface area contributed by atoms with E-state index < -0.39 is 0 Å². The lowest BCUT2D eigenvalue weighted by atomic mass is 10.1. The third-order valence-electron chi connectivity index (χ3n) is 3.58. The molecule has 2 aromatic carbocycles. The van der Waals surface area contributed by atoms with E-state index in [0.717, 1.165) is 11.1 Å². The Hall–Kier alpha value is -2.79. The number of aromatic nitrogens is 2. The van der Waals surface area contributed by atoms with Gasteiger partial charge in [-0.25, -0.2) is 9.97 Å². The second kappa shape index (κ2) is 6.76. The minimum absolute atomic E-state index is 0.160. The van der Waals surface area contributed by atoms with Gasteiger partial charge in [-0.15, -0.1) is 0 Å². The number of nitrogen functional groups attached to an aromatic ring is 1. The molecule has 6 heteroatoms. The van der Waals surface area contributed by atoms with Crippen LogP contribution in [0.15, 0.2) is 48.5 Å². The van der Waals surface area contributed by atoms with Crippen molar-refractivity contribution in [3.63, 3.8) is 0 Å². The number of nitrogens with two attached hydrogens (primary N) is 1. The molecular weight excluding hydrogens is 326 g/mol. The summed E-state index contributed by atoms with van der Waals surface area (Å²) in [5.74, 6) is 1.52. The number of methoxy groups -OCH3 is 2. The van der Waals surface area contributed by atoms with E-state index in [2.05, 4.69) is 9.97 Å². The van der Waals surface area contributed by atoms with Crippen molar-refractivity contribution in [2.45, 2.75) is 0 Å². The van der Waals surface area contributed by atoms with Crippen LogP contribution in [-0.2, 0) is 0 Å². The van der Waals surface area contributed by atoms with E-state index in [9.17, 15) is 0 Å². The molecule has 0 aliphatic rings. The second-order valence-electron chi connectivity index (χ2n) is 5.04. The average Bonchev–Trinajstić information content (AvgIpc) is 2.61. The van der Waals surface area contributed by atoms with Crippen LogP contribution in [0.25, 0.3) is 22.5 Å². The molecule has 3 aromatic rings. The molecular formula is C18H16ClN3O2. The monoisotopic (exact) mass is 341 g/mol. The van der Waals surface area contributed by atoms with Crippen molar-refractivity contribution in [2.24, 2.45) is 0 Å². The van der Waals surface area contributed by atoms with Crippen LogP contribution in [-0.4, -0.2) is 24.2 Å². The van der Waals surface area contributed by atoms with Gasteiger partial charge in [0.2, 0.25) is 5.95 Å². The topological polar surface area (TPSA) is 70.3 Å². The van der Waals surface area contributed by atoms with Gasteiger partial charge in [-0.2, -0.15) is 0 Å². The molecule has 0 aliphatic heterocycles. The van der Waals surface area contributed by atoms with Gasteiger partial charge < -0.3 is 15.2 Å². The van der Waals surface area contributed by atoms with E-state index in [1.807, 2.05) is 42.5 Å². The molecule has 0 amide bonds. The van der Waals surface area contributed by atoms with Crippen LogP contribution in [0.5, 0.6) is 11.5 Å². The summed E-state index contributed by atoms with van der Waals surface area (Å²) in [6.45, 7) is 0. The maximum Gasteiger partial charge on any atom is 0.221 e. The number of benzene rings is 2. The van der Waals surface area contributed by atoms with Crippen LogP contribution < -0.4 is 15.2 Å². The first-order valence-electron chi connectivity index (χ1n) is 7.24. The summed E-state index contributed by atoms with van der Waals surface area (Å²) < 4.78 is 10.7. The molecule has 3 rings (SSSR count). The Labute approximate surface area is 145 Å². The smallest absolute Gasteiger partial charge is 0.221 e. The summed E-state index contributed by atoms with van der Waals surface area (Å²) in [5, 5.41) is 0.596. The van der Waals surface area contributed by atoms with Gasteiger partial charge in [0.25, 0.3) is 0 Å². The quantitative estimate of drug-likeness (QED) is 0.774. The van der Waals surface area contributed by atoms with Gasteiger partial charge in [-0.1, -0.05) is 29.8 Å². The van der Waals surface area contributed by atoms with E-state index in [1.165, 1.54) is 0 Å². The van der Waals surface area contributed by atoms with Gasteiger partial charge in [-0.05, 0) is 30.3 Å². The van der Waals surface area contributed by atoms with Gasteiger partial charge in [0.15, 0.2) is 0 Å². The Bertz CT molecular complexity index is 884. The summed E-state index contributed by atoms with van der Waals surface area (Å²) in [6.07, 6.45) is 0. The van der Waals surface area contributed by atoms with Crippen molar-refractivity contribution in [1.29, 1.82) is 0 Å². The standard InChI is InChI=1S/C18H16ClN3O2/c1-23-11-7-8-17(24-2)13(9-11)16-10-15(21-18(20)22-16)12-5-3-4-6-14(12)19/h3-10H,1-2H3,(H2,20,21,22). The number of halogens is 1. The molecule has 0 bridgehead atoms. The van der Waals surface area contributed by atoms with Gasteiger partial charge >= 0.3 is 0 Å². The number of nitrogens with zero attached hydrogens (tertiary/aromatic N) is 2. The molecule has 5 nitrogen and oxygen atoms in total. The van der Waals surface area contributed by atoms with Crippen molar-refractivity contribution >= 4 is 17.5 Å². The maximum atomic E-state index is 6.27. The maximum absolute atomic E-state index is 6.27. The summed E-state index contributed by atoms with van der Waals surface area (Å²) in [4.78, 5) is 8.63. The van der Waals surface area contributed by atoms with Gasteiger partial charge in [0.1, 0.15) is 11.5 Å². The van der Waals surface area contributed by atoms with Crippen molar-refractivity contribution in [3.05, 3.63) is 53.6 Å². The van der Waals surface area contributed by atoms with Crippen molar-refractivity contribution in [3.8, 4) is 34.0 Å². The molecule has 122 valence electrons. The van der Waals surface area contributed by atoms with Crippen molar-refractivity contribution in [2.75, 3.05) is 20.0 Å². The molecule has 0 spiro atoms. The third-order valence-corrected chi connectivity index (χ3v) is 3.91. The number of anilines is 1. The van der Waals surface area contributed by atoms with Crippen LogP contribution in [0.3, 0.4) is 0 Å². The second-order valence-corrected chi connectivity index (χ2v) is 5.45. The normalized spacial score (nSPS) is 10.5. The largest absolute Gasteiger partial charge is 0.497 e. The lowest BCUT2D eigenvalue weighted by molar-refractivity contribution is 0.404. The molecule has 1 heterocycles. The van der Waals surface area contributed by atoms with E-state index in [1.54, 1.807) is 20.3 Å². The zero-order valence-electron chi connectivity index (χ0n) is 13.3. The Morgan fingerprint density at radius 2 is 1.58 bits per heavy atom. The molecule has 0 fully saturated rings. The Morgan fingerprint density at radius 1 is 0.875 bits per heavy atom. The van der Waals surface area contributed by atoms with Crippen LogP contribution >= 0.6 is 11.6 Å². The molecule has 0 aliphatic carbocycles. The predicted octanol–water partition coefficient (Wildman–Crippen LogP) is 4.06. The first kappa shape index (κ1) is 16.1. The first-order valence-corrected chi connectivity index (χ1v) is 7.62. The van der Waals surface area contributed by atoms with Crippen LogP contribution in [0.4, 0.5) is 5.95 Å². The number of rotatable bonds is 4. The Morgan fingerprint density at radius 3 is 2.25 bits per heavy atom. The minimum Gasteiger partial charge on any atom is -0.497 e. The fourth-order valence-electron chi connectivity index (χ4n) is 2.42. The molecule has 0 unspecified atom stereocenters. The Kier molecular flexibility index (Phi) is 4.53. The number of hydrogen-bond acceptors (Lipinski definition) is 5. The lowest BCUT2D eigenvalue weighted by Crippen LogP contribution is -2.00. The van der Waals surface area contributed by atoms with E-state index in [-0.39, 0.29) is 5.95 Å². The molecule has 0 atom stereocenters. The molecule has 0 radical (unpaired) electrons. The van der Waals surface area contributed by atoms with Crippen LogP contribution in [0, 0.1) is 0 Å². The highest BCUT2D eigenvalue weighted by molar-refractivity contribution is 6.33. The van der Waals surface area contributed by atoms with E-state index in [0.29, 0.717) is 27.9 Å². The minimum atomic E-state index is 0.160. The zero-order valence-corrected chi connectivity index (χ0v) is 14.0. The summed E-state index contributed by atoms with van der Waals surface area (Å²) >= 11 is 6.27. The van der Waals surface area contributed by atoms with Gasteiger partial charge in [0.05, 0.1) is 25.6 Å². The molecule has 2 N–H and O–H groups in total. The highest BCUT2D eigenvalue weighted by Crippen LogP contribution is 2.35. The van der Waals surface area contributed by atoms with Crippen molar-refractivity contribution in [1.82, 2.24) is 9.97 Å². The highest BCUT2D eigenvalue weighted by Gasteiger charge is 2.13. The predicted molar refractivity (Wildman–Crippen MR) is 95.4 cm³/mol. The SMILES string of the molecule is COc1ccc(OC)c(-c2cc(-c3ccccc3Cl)nc(N)n2)c1. The molecule has 0 saturated heterocycles. The van der Waals surface area contributed by atoms with Crippen molar-refractivity contribution < 1.29 is 9.47 Å². The van der Waals surface area contributed by atoms with Crippen LogP contribution in [0.2, 0.25) is 5.02 Å². The first-order chi connectivity index (χ1) is 11.6. The van der Waals surface area contributed by atoms with E-state index in [4.69, 9.17) is 26.8 Å². The lowest BCUT2D eigenvalue weighted by Gasteiger charge is -2.12. The molecule has 1 aromatic heterocycles. The summed E-state index contributed by atoms with van der Waals surface area (Å²) in [7, 11) is 3.21. The summed E-state index contributed by atoms with van der Waals surface area (Å²) in [6, 6.07) is 14.8.